The first-order valence-corrected chi connectivity index (χ1v) is 7.81. The van der Waals surface area contributed by atoms with Gasteiger partial charge in [0.15, 0.2) is 0 Å². The zero-order valence-corrected chi connectivity index (χ0v) is 12.7. The number of hydrogen-bond donors (Lipinski definition) is 1. The molecule has 20 heavy (non-hydrogen) atoms. The first kappa shape index (κ1) is 16.9. The van der Waals surface area contributed by atoms with Crippen molar-refractivity contribution in [2.24, 2.45) is 17.8 Å². The van der Waals surface area contributed by atoms with E-state index < -0.39 is 11.8 Å². The fourth-order valence-corrected chi connectivity index (χ4v) is 2.90. The number of ketones is 1. The highest BCUT2D eigenvalue weighted by atomic mass is 16.2. The van der Waals surface area contributed by atoms with E-state index in [0.29, 0.717) is 31.1 Å². The van der Waals surface area contributed by atoms with Crippen molar-refractivity contribution >= 4 is 18.1 Å². The summed E-state index contributed by atoms with van der Waals surface area (Å²) in [6, 6.07) is 0. The van der Waals surface area contributed by atoms with Gasteiger partial charge in [0, 0.05) is 6.42 Å². The standard InChI is InChI=1S/C16H27NO3/c1-12(2)8-9-15(19)14(16(20)17-11-18)10-13-6-4-3-5-7-13/h11-14H,3-10H2,1-2H3,(H,17,18,20). The van der Waals surface area contributed by atoms with Gasteiger partial charge < -0.3 is 0 Å². The predicted molar refractivity (Wildman–Crippen MR) is 78.0 cm³/mol. The summed E-state index contributed by atoms with van der Waals surface area (Å²) in [4.78, 5) is 34.7. The number of rotatable bonds is 8. The van der Waals surface area contributed by atoms with E-state index in [1.165, 1.54) is 19.3 Å². The van der Waals surface area contributed by atoms with Gasteiger partial charge in [-0.1, -0.05) is 46.0 Å². The Morgan fingerprint density at radius 2 is 1.85 bits per heavy atom. The lowest BCUT2D eigenvalue weighted by Gasteiger charge is -2.25. The fraction of sp³-hybridized carbons (Fsp3) is 0.812. The van der Waals surface area contributed by atoms with E-state index in [-0.39, 0.29) is 5.78 Å². The number of carbonyl (C=O) groups excluding carboxylic acids is 3. The van der Waals surface area contributed by atoms with Crippen LogP contribution in [0.1, 0.15) is 65.2 Å². The van der Waals surface area contributed by atoms with Crippen LogP contribution in [0.4, 0.5) is 0 Å². The number of amides is 2. The summed E-state index contributed by atoms with van der Waals surface area (Å²) in [5.41, 5.74) is 0. The Hall–Kier alpha value is -1.19. The smallest absolute Gasteiger partial charge is 0.236 e. The molecule has 0 saturated heterocycles. The third-order valence-electron chi connectivity index (χ3n) is 4.17. The molecule has 2 amide bonds. The van der Waals surface area contributed by atoms with Crippen molar-refractivity contribution in [1.29, 1.82) is 0 Å². The van der Waals surface area contributed by atoms with Gasteiger partial charge in [-0.05, 0) is 24.7 Å². The van der Waals surface area contributed by atoms with E-state index in [9.17, 15) is 14.4 Å². The molecule has 4 nitrogen and oxygen atoms in total. The Bertz CT molecular complexity index is 333. The summed E-state index contributed by atoms with van der Waals surface area (Å²) in [7, 11) is 0. The van der Waals surface area contributed by atoms with Gasteiger partial charge in [-0.15, -0.1) is 0 Å². The average molecular weight is 281 g/mol. The summed E-state index contributed by atoms with van der Waals surface area (Å²) in [6.45, 7) is 4.13. The zero-order valence-electron chi connectivity index (χ0n) is 12.7. The van der Waals surface area contributed by atoms with Crippen LogP contribution in [0.2, 0.25) is 0 Å². The number of nitrogens with one attached hydrogen (secondary N) is 1. The maximum Gasteiger partial charge on any atom is 0.236 e. The average Bonchev–Trinajstić information content (AvgIpc) is 2.43. The van der Waals surface area contributed by atoms with Crippen LogP contribution in [0, 0.1) is 17.8 Å². The highest BCUT2D eigenvalue weighted by Crippen LogP contribution is 2.30. The third kappa shape index (κ3) is 5.85. The van der Waals surface area contributed by atoms with Crippen molar-refractivity contribution in [3.05, 3.63) is 0 Å². The topological polar surface area (TPSA) is 63.2 Å². The lowest BCUT2D eigenvalue weighted by molar-refractivity contribution is -0.136. The number of imide groups is 1. The fourth-order valence-electron chi connectivity index (χ4n) is 2.90. The van der Waals surface area contributed by atoms with Crippen LogP contribution in [-0.4, -0.2) is 18.1 Å². The largest absolute Gasteiger partial charge is 0.299 e. The second kappa shape index (κ2) is 8.88. The van der Waals surface area contributed by atoms with Gasteiger partial charge in [-0.2, -0.15) is 0 Å². The molecular formula is C16H27NO3. The molecule has 1 unspecified atom stereocenters. The van der Waals surface area contributed by atoms with Crippen LogP contribution < -0.4 is 5.32 Å². The molecule has 0 bridgehead atoms. The molecule has 1 saturated carbocycles. The number of carbonyl (C=O) groups is 3. The number of hydrogen-bond acceptors (Lipinski definition) is 3. The molecule has 0 heterocycles. The Morgan fingerprint density at radius 1 is 1.20 bits per heavy atom. The van der Waals surface area contributed by atoms with Crippen LogP contribution in [0.25, 0.3) is 0 Å². The second-order valence-corrected chi connectivity index (χ2v) is 6.32. The maximum absolute atomic E-state index is 12.3. The van der Waals surface area contributed by atoms with E-state index in [0.717, 1.165) is 19.3 Å². The Labute approximate surface area is 121 Å². The minimum Gasteiger partial charge on any atom is -0.299 e. The summed E-state index contributed by atoms with van der Waals surface area (Å²) in [6.07, 6.45) is 8.05. The molecule has 1 aliphatic carbocycles. The molecule has 114 valence electrons. The first-order valence-electron chi connectivity index (χ1n) is 7.81. The van der Waals surface area contributed by atoms with Gasteiger partial charge in [-0.3, -0.25) is 19.7 Å². The monoisotopic (exact) mass is 281 g/mol. The molecule has 0 aromatic rings. The van der Waals surface area contributed by atoms with E-state index in [2.05, 4.69) is 19.2 Å². The van der Waals surface area contributed by atoms with Crippen LogP contribution >= 0.6 is 0 Å². The first-order chi connectivity index (χ1) is 9.54. The van der Waals surface area contributed by atoms with E-state index in [1.54, 1.807) is 0 Å². The van der Waals surface area contributed by atoms with Gasteiger partial charge >= 0.3 is 0 Å². The van der Waals surface area contributed by atoms with Crippen molar-refractivity contribution in [3.63, 3.8) is 0 Å². The molecule has 4 heteroatoms. The summed E-state index contributed by atoms with van der Waals surface area (Å²) in [5.74, 6) is -0.164. The summed E-state index contributed by atoms with van der Waals surface area (Å²) < 4.78 is 0. The third-order valence-corrected chi connectivity index (χ3v) is 4.17. The molecule has 1 atom stereocenters. The Balaban J connectivity index is 2.60. The molecular weight excluding hydrogens is 254 g/mol. The van der Waals surface area contributed by atoms with Gasteiger partial charge in [0.2, 0.25) is 12.3 Å². The zero-order chi connectivity index (χ0) is 15.0. The summed E-state index contributed by atoms with van der Waals surface area (Å²) >= 11 is 0. The van der Waals surface area contributed by atoms with Crippen LogP contribution in [0.3, 0.4) is 0 Å². The van der Waals surface area contributed by atoms with Gasteiger partial charge in [0.1, 0.15) is 5.78 Å². The Morgan fingerprint density at radius 3 is 2.40 bits per heavy atom. The van der Waals surface area contributed by atoms with Gasteiger partial charge in [0.05, 0.1) is 5.92 Å². The molecule has 1 N–H and O–H groups in total. The van der Waals surface area contributed by atoms with Crippen molar-refractivity contribution in [1.82, 2.24) is 5.32 Å². The van der Waals surface area contributed by atoms with Crippen molar-refractivity contribution in [3.8, 4) is 0 Å². The molecule has 1 aliphatic rings. The predicted octanol–water partition coefficient (Wildman–Crippen LogP) is 2.85. The van der Waals surface area contributed by atoms with Crippen LogP contribution in [0.5, 0.6) is 0 Å². The highest BCUT2D eigenvalue weighted by Gasteiger charge is 2.29. The molecule has 0 aromatic heterocycles. The quantitative estimate of drug-likeness (QED) is 0.549. The van der Waals surface area contributed by atoms with Crippen molar-refractivity contribution in [2.45, 2.75) is 65.2 Å². The second-order valence-electron chi connectivity index (χ2n) is 6.32. The minimum absolute atomic E-state index is 0.0105. The molecule has 1 fully saturated rings. The highest BCUT2D eigenvalue weighted by molar-refractivity contribution is 6.04. The normalized spacial score (nSPS) is 17.8. The molecule has 0 aromatic carbocycles. The minimum atomic E-state index is -0.637. The van der Waals surface area contributed by atoms with Crippen molar-refractivity contribution < 1.29 is 14.4 Å². The lowest BCUT2D eigenvalue weighted by atomic mass is 9.80. The van der Waals surface area contributed by atoms with E-state index in [4.69, 9.17) is 0 Å². The number of Topliss-reactive ketones (excluding diaryl/α,β-unsaturated/α-hetero) is 1. The van der Waals surface area contributed by atoms with Crippen molar-refractivity contribution in [2.75, 3.05) is 0 Å². The lowest BCUT2D eigenvalue weighted by Crippen LogP contribution is -2.36. The SMILES string of the molecule is CC(C)CCC(=O)C(CC1CCCCC1)C(=O)NC=O. The molecule has 0 aliphatic heterocycles. The summed E-state index contributed by atoms with van der Waals surface area (Å²) in [5, 5.41) is 2.16. The Kier molecular flexibility index (Phi) is 7.48. The molecule has 0 spiro atoms. The molecule has 1 rings (SSSR count). The van der Waals surface area contributed by atoms with Crippen LogP contribution in [0.15, 0.2) is 0 Å². The van der Waals surface area contributed by atoms with Gasteiger partial charge in [0.25, 0.3) is 0 Å². The van der Waals surface area contributed by atoms with Gasteiger partial charge in [-0.25, -0.2) is 0 Å². The maximum atomic E-state index is 12.3. The van der Waals surface area contributed by atoms with E-state index >= 15 is 0 Å². The van der Waals surface area contributed by atoms with Crippen LogP contribution in [-0.2, 0) is 14.4 Å². The molecule has 0 radical (unpaired) electrons. The van der Waals surface area contributed by atoms with E-state index in [1.807, 2.05) is 0 Å².